The molecular formula is C22H29FN2O3. The monoisotopic (exact) mass is 388 g/mol. The zero-order valence-corrected chi connectivity index (χ0v) is 15.4. The van der Waals surface area contributed by atoms with Crippen LogP contribution in [0.5, 0.6) is 17.2 Å². The van der Waals surface area contributed by atoms with Gasteiger partial charge in [-0.3, -0.25) is 4.90 Å². The van der Waals surface area contributed by atoms with E-state index in [2.05, 4.69) is 21.9 Å². The maximum absolute atomic E-state index is 12.9. The highest BCUT2D eigenvalue weighted by Gasteiger charge is 2.17. The average Bonchev–Trinajstić information content (AvgIpc) is 3.17. The molecule has 28 heavy (non-hydrogen) atoms. The molecule has 2 heterocycles. The van der Waals surface area contributed by atoms with E-state index >= 15 is 0 Å². The standard InChI is InChI=1S/C21H25FN2O3.CH4/c22-18-2-4-19(5-3-18)25-14-13-24-11-9-23(10-12-24)8-7-17-1-6-20-21(15-17)27-16-26-20;/h1-6,15H,7-14,16H2;1H4. The molecule has 0 N–H and O–H groups in total. The lowest BCUT2D eigenvalue weighted by Crippen LogP contribution is -2.47. The zero-order chi connectivity index (χ0) is 18.5. The van der Waals surface area contributed by atoms with Crippen LogP contribution in [-0.4, -0.2) is 62.5 Å². The van der Waals surface area contributed by atoms with Crippen LogP contribution in [0, 0.1) is 5.82 Å². The Kier molecular flexibility index (Phi) is 7.12. The van der Waals surface area contributed by atoms with Gasteiger partial charge in [-0.05, 0) is 48.4 Å². The predicted molar refractivity (Wildman–Crippen MR) is 108 cm³/mol. The van der Waals surface area contributed by atoms with Gasteiger partial charge in [0.25, 0.3) is 0 Å². The Morgan fingerprint density at radius 1 is 0.857 bits per heavy atom. The number of ether oxygens (including phenoxy) is 3. The minimum atomic E-state index is -0.237. The van der Waals surface area contributed by atoms with E-state index in [9.17, 15) is 4.39 Å². The van der Waals surface area contributed by atoms with Crippen LogP contribution in [0.4, 0.5) is 4.39 Å². The molecule has 2 aliphatic heterocycles. The van der Waals surface area contributed by atoms with Crippen molar-refractivity contribution in [1.29, 1.82) is 0 Å². The second-order valence-corrected chi connectivity index (χ2v) is 6.92. The molecule has 6 heteroatoms. The predicted octanol–water partition coefficient (Wildman–Crippen LogP) is 3.43. The van der Waals surface area contributed by atoms with E-state index < -0.39 is 0 Å². The van der Waals surface area contributed by atoms with E-state index in [4.69, 9.17) is 14.2 Å². The number of hydrogen-bond acceptors (Lipinski definition) is 5. The van der Waals surface area contributed by atoms with E-state index in [1.807, 2.05) is 6.07 Å². The lowest BCUT2D eigenvalue weighted by atomic mass is 10.1. The second kappa shape index (κ2) is 9.75. The quantitative estimate of drug-likeness (QED) is 0.726. The van der Waals surface area contributed by atoms with Crippen LogP contribution in [0.25, 0.3) is 0 Å². The van der Waals surface area contributed by atoms with Gasteiger partial charge in [0, 0.05) is 39.3 Å². The first-order chi connectivity index (χ1) is 13.3. The first-order valence-electron chi connectivity index (χ1n) is 9.48. The van der Waals surface area contributed by atoms with Gasteiger partial charge in [0.1, 0.15) is 18.2 Å². The van der Waals surface area contributed by atoms with Crippen LogP contribution in [0.2, 0.25) is 0 Å². The van der Waals surface area contributed by atoms with Crippen molar-refractivity contribution >= 4 is 0 Å². The van der Waals surface area contributed by atoms with Gasteiger partial charge in [0.05, 0.1) is 0 Å². The maximum atomic E-state index is 12.9. The van der Waals surface area contributed by atoms with Gasteiger partial charge in [-0.25, -0.2) is 4.39 Å². The molecule has 0 saturated carbocycles. The number of hydrogen-bond donors (Lipinski definition) is 0. The molecular weight excluding hydrogens is 359 g/mol. The van der Waals surface area contributed by atoms with Crippen molar-refractivity contribution in [3.8, 4) is 17.2 Å². The van der Waals surface area contributed by atoms with Crippen molar-refractivity contribution in [2.45, 2.75) is 13.8 Å². The van der Waals surface area contributed by atoms with Gasteiger partial charge in [0.2, 0.25) is 6.79 Å². The maximum Gasteiger partial charge on any atom is 0.231 e. The summed E-state index contributed by atoms with van der Waals surface area (Å²) >= 11 is 0. The summed E-state index contributed by atoms with van der Waals surface area (Å²) in [6.45, 7) is 7.14. The summed E-state index contributed by atoms with van der Waals surface area (Å²) in [5.41, 5.74) is 1.29. The van der Waals surface area contributed by atoms with Gasteiger partial charge in [-0.1, -0.05) is 13.5 Å². The molecule has 5 nitrogen and oxygen atoms in total. The molecule has 4 rings (SSSR count). The smallest absolute Gasteiger partial charge is 0.231 e. The Labute approximate surface area is 166 Å². The Morgan fingerprint density at radius 3 is 2.29 bits per heavy atom. The SMILES string of the molecule is C.Fc1ccc(OCCN2CCN(CCc3ccc4c(c3)OCO4)CC2)cc1. The van der Waals surface area contributed by atoms with E-state index in [1.54, 1.807) is 12.1 Å². The van der Waals surface area contributed by atoms with E-state index in [0.717, 1.165) is 62.9 Å². The van der Waals surface area contributed by atoms with Crippen molar-refractivity contribution < 1.29 is 18.6 Å². The van der Waals surface area contributed by atoms with Gasteiger partial charge in [0.15, 0.2) is 11.5 Å². The zero-order valence-electron chi connectivity index (χ0n) is 15.4. The Morgan fingerprint density at radius 2 is 1.54 bits per heavy atom. The van der Waals surface area contributed by atoms with E-state index in [0.29, 0.717) is 13.4 Å². The van der Waals surface area contributed by atoms with E-state index in [1.165, 1.54) is 17.7 Å². The molecule has 0 aromatic heterocycles. The third-order valence-electron chi connectivity index (χ3n) is 5.11. The summed E-state index contributed by atoms with van der Waals surface area (Å²) in [6, 6.07) is 12.4. The van der Waals surface area contributed by atoms with Crippen molar-refractivity contribution in [2.75, 3.05) is 52.7 Å². The number of piperazine rings is 1. The van der Waals surface area contributed by atoms with Crippen LogP contribution in [0.15, 0.2) is 42.5 Å². The van der Waals surface area contributed by atoms with Crippen LogP contribution >= 0.6 is 0 Å². The van der Waals surface area contributed by atoms with Crippen molar-refractivity contribution in [3.05, 3.63) is 53.8 Å². The summed E-state index contributed by atoms with van der Waals surface area (Å²) < 4.78 is 29.4. The average molecular weight is 388 g/mol. The Balaban J connectivity index is 0.00000225. The van der Waals surface area contributed by atoms with Crippen LogP contribution < -0.4 is 14.2 Å². The molecule has 2 aliphatic rings. The number of rotatable bonds is 7. The normalized spacial score (nSPS) is 16.6. The molecule has 152 valence electrons. The molecule has 2 aromatic rings. The van der Waals surface area contributed by atoms with Crippen LogP contribution in [0.3, 0.4) is 0 Å². The number of benzene rings is 2. The van der Waals surface area contributed by atoms with Gasteiger partial charge in [-0.15, -0.1) is 0 Å². The third-order valence-corrected chi connectivity index (χ3v) is 5.11. The van der Waals surface area contributed by atoms with Gasteiger partial charge >= 0.3 is 0 Å². The minimum Gasteiger partial charge on any atom is -0.492 e. The fraction of sp³-hybridized carbons (Fsp3) is 0.455. The summed E-state index contributed by atoms with van der Waals surface area (Å²) in [7, 11) is 0. The van der Waals surface area contributed by atoms with Crippen molar-refractivity contribution in [3.63, 3.8) is 0 Å². The Bertz CT molecular complexity index is 746. The van der Waals surface area contributed by atoms with Crippen molar-refractivity contribution in [1.82, 2.24) is 9.80 Å². The van der Waals surface area contributed by atoms with Crippen molar-refractivity contribution in [2.24, 2.45) is 0 Å². The number of halogens is 1. The molecule has 0 amide bonds. The van der Waals surface area contributed by atoms with Gasteiger partial charge < -0.3 is 19.1 Å². The number of nitrogens with zero attached hydrogens (tertiary/aromatic N) is 2. The Hall–Kier alpha value is -2.31. The third kappa shape index (κ3) is 5.36. The van der Waals surface area contributed by atoms with Crippen LogP contribution in [0.1, 0.15) is 13.0 Å². The highest BCUT2D eigenvalue weighted by atomic mass is 19.1. The number of fused-ring (bicyclic) bond motifs is 1. The van der Waals surface area contributed by atoms with Crippen LogP contribution in [-0.2, 0) is 6.42 Å². The fourth-order valence-corrected chi connectivity index (χ4v) is 3.44. The fourth-order valence-electron chi connectivity index (χ4n) is 3.44. The first-order valence-corrected chi connectivity index (χ1v) is 9.48. The topological polar surface area (TPSA) is 34.2 Å². The highest BCUT2D eigenvalue weighted by molar-refractivity contribution is 5.44. The highest BCUT2D eigenvalue weighted by Crippen LogP contribution is 2.32. The molecule has 0 bridgehead atoms. The summed E-state index contributed by atoms with van der Waals surface area (Å²) in [4.78, 5) is 4.92. The first kappa shape index (κ1) is 20.4. The molecule has 0 spiro atoms. The minimum absolute atomic E-state index is 0. The van der Waals surface area contributed by atoms with Gasteiger partial charge in [-0.2, -0.15) is 0 Å². The lowest BCUT2D eigenvalue weighted by molar-refractivity contribution is 0.118. The summed E-state index contributed by atoms with van der Waals surface area (Å²) in [5.74, 6) is 2.19. The lowest BCUT2D eigenvalue weighted by Gasteiger charge is -2.34. The largest absolute Gasteiger partial charge is 0.492 e. The summed E-state index contributed by atoms with van der Waals surface area (Å²) in [6.07, 6.45) is 1.02. The summed E-state index contributed by atoms with van der Waals surface area (Å²) in [5, 5.41) is 0. The van der Waals surface area contributed by atoms with E-state index in [-0.39, 0.29) is 13.2 Å². The molecule has 0 aliphatic carbocycles. The molecule has 0 radical (unpaired) electrons. The molecule has 1 fully saturated rings. The molecule has 0 atom stereocenters. The molecule has 1 saturated heterocycles. The second-order valence-electron chi connectivity index (χ2n) is 6.92. The molecule has 0 unspecified atom stereocenters. The molecule has 2 aromatic carbocycles.